The van der Waals surface area contributed by atoms with E-state index in [2.05, 4.69) is 16.9 Å². The molecular weight excluding hydrogens is 425 g/mol. The lowest BCUT2D eigenvalue weighted by Gasteiger charge is -2.09. The van der Waals surface area contributed by atoms with Crippen molar-refractivity contribution in [3.05, 3.63) is 41.7 Å². The highest BCUT2D eigenvalue weighted by molar-refractivity contribution is 5.57. The van der Waals surface area contributed by atoms with E-state index in [-0.39, 0.29) is 11.4 Å². The molecule has 0 aliphatic heterocycles. The predicted octanol–water partition coefficient (Wildman–Crippen LogP) is 8.40. The van der Waals surface area contributed by atoms with Gasteiger partial charge in [-0.2, -0.15) is 0 Å². The standard InChI is InChI=1S/C27H39F3N2O/c1-3-4-5-6-7-8-9-13-18-33-23-19-31-27(32-20-23)24-17-16-22(25(29)26(24)30)15-12-10-11-14-21(2)28/h16-17,19-21H,3-15,18H2,1-2H3. The third-order valence-electron chi connectivity index (χ3n) is 5.85. The molecule has 33 heavy (non-hydrogen) atoms. The van der Waals surface area contributed by atoms with Crippen LogP contribution in [0.2, 0.25) is 0 Å². The summed E-state index contributed by atoms with van der Waals surface area (Å²) in [7, 11) is 0. The van der Waals surface area contributed by atoms with Crippen molar-refractivity contribution >= 4 is 0 Å². The molecule has 1 heterocycles. The molecule has 6 heteroatoms. The molecule has 0 fully saturated rings. The van der Waals surface area contributed by atoms with Gasteiger partial charge in [0, 0.05) is 0 Å². The minimum atomic E-state index is -0.933. The van der Waals surface area contributed by atoms with Crippen molar-refractivity contribution in [2.45, 2.75) is 103 Å². The lowest BCUT2D eigenvalue weighted by Crippen LogP contribution is -2.02. The Balaban J connectivity index is 1.77. The van der Waals surface area contributed by atoms with Gasteiger partial charge in [-0.15, -0.1) is 0 Å². The van der Waals surface area contributed by atoms with Gasteiger partial charge in [0.05, 0.1) is 30.7 Å². The Bertz CT molecular complexity index is 797. The average molecular weight is 465 g/mol. The molecular formula is C27H39F3N2O. The first-order valence-corrected chi connectivity index (χ1v) is 12.6. The first-order valence-electron chi connectivity index (χ1n) is 12.6. The second kappa shape index (κ2) is 15.7. The molecule has 2 rings (SSSR count). The summed E-state index contributed by atoms with van der Waals surface area (Å²) in [6.45, 7) is 4.35. The summed E-state index contributed by atoms with van der Waals surface area (Å²) in [5.74, 6) is -1.13. The lowest BCUT2D eigenvalue weighted by molar-refractivity contribution is 0.302. The second-order valence-corrected chi connectivity index (χ2v) is 8.85. The van der Waals surface area contributed by atoms with Crippen molar-refractivity contribution in [1.29, 1.82) is 0 Å². The van der Waals surface area contributed by atoms with Gasteiger partial charge in [0.25, 0.3) is 0 Å². The van der Waals surface area contributed by atoms with E-state index in [0.29, 0.717) is 37.2 Å². The van der Waals surface area contributed by atoms with Crippen molar-refractivity contribution < 1.29 is 17.9 Å². The molecule has 0 saturated heterocycles. The molecule has 0 radical (unpaired) electrons. The zero-order chi connectivity index (χ0) is 23.9. The Morgan fingerprint density at radius 1 is 0.818 bits per heavy atom. The normalized spacial score (nSPS) is 12.2. The fourth-order valence-electron chi connectivity index (χ4n) is 3.83. The quantitative estimate of drug-likeness (QED) is 0.220. The number of aromatic nitrogens is 2. The Morgan fingerprint density at radius 3 is 2.12 bits per heavy atom. The number of alkyl halides is 1. The van der Waals surface area contributed by atoms with Gasteiger partial charge in [-0.25, -0.2) is 23.1 Å². The molecule has 1 unspecified atom stereocenters. The van der Waals surface area contributed by atoms with Crippen LogP contribution in [0.5, 0.6) is 5.75 Å². The number of unbranched alkanes of at least 4 members (excludes halogenated alkanes) is 9. The van der Waals surface area contributed by atoms with Gasteiger partial charge < -0.3 is 4.74 Å². The van der Waals surface area contributed by atoms with E-state index < -0.39 is 17.8 Å². The van der Waals surface area contributed by atoms with Crippen LogP contribution in [-0.2, 0) is 6.42 Å². The van der Waals surface area contributed by atoms with Crippen LogP contribution in [0, 0.1) is 11.6 Å². The number of benzene rings is 1. The van der Waals surface area contributed by atoms with Crippen LogP contribution in [0.25, 0.3) is 11.4 Å². The van der Waals surface area contributed by atoms with E-state index in [1.165, 1.54) is 63.9 Å². The second-order valence-electron chi connectivity index (χ2n) is 8.85. The molecule has 0 N–H and O–H groups in total. The smallest absolute Gasteiger partial charge is 0.170 e. The van der Waals surface area contributed by atoms with Crippen molar-refractivity contribution in [2.75, 3.05) is 6.61 Å². The van der Waals surface area contributed by atoms with Crippen LogP contribution >= 0.6 is 0 Å². The third-order valence-corrected chi connectivity index (χ3v) is 5.85. The summed E-state index contributed by atoms with van der Waals surface area (Å²) < 4.78 is 47.6. The summed E-state index contributed by atoms with van der Waals surface area (Å²) in [5.41, 5.74) is 0.368. The zero-order valence-electron chi connectivity index (χ0n) is 20.2. The van der Waals surface area contributed by atoms with Gasteiger partial charge in [0.15, 0.2) is 23.2 Å². The van der Waals surface area contributed by atoms with Crippen LogP contribution < -0.4 is 4.74 Å². The summed E-state index contributed by atoms with van der Waals surface area (Å²) >= 11 is 0. The molecule has 0 saturated carbocycles. The van der Waals surface area contributed by atoms with E-state index in [4.69, 9.17) is 4.74 Å². The van der Waals surface area contributed by atoms with Crippen molar-refractivity contribution in [3.63, 3.8) is 0 Å². The summed E-state index contributed by atoms with van der Waals surface area (Å²) in [5, 5.41) is 0. The molecule has 0 aliphatic carbocycles. The zero-order valence-corrected chi connectivity index (χ0v) is 20.2. The van der Waals surface area contributed by atoms with Crippen LogP contribution in [0.4, 0.5) is 13.2 Å². The topological polar surface area (TPSA) is 35.0 Å². The lowest BCUT2D eigenvalue weighted by atomic mass is 10.0. The van der Waals surface area contributed by atoms with E-state index in [0.717, 1.165) is 25.7 Å². The minimum Gasteiger partial charge on any atom is -0.490 e. The van der Waals surface area contributed by atoms with Crippen LogP contribution in [0.3, 0.4) is 0 Å². The highest BCUT2D eigenvalue weighted by Crippen LogP contribution is 2.25. The van der Waals surface area contributed by atoms with Crippen molar-refractivity contribution in [1.82, 2.24) is 9.97 Å². The molecule has 2 aromatic rings. The average Bonchev–Trinajstić information content (AvgIpc) is 2.81. The van der Waals surface area contributed by atoms with Gasteiger partial charge >= 0.3 is 0 Å². The first kappa shape index (κ1) is 27.1. The maximum absolute atomic E-state index is 14.6. The number of hydrogen-bond donors (Lipinski definition) is 0. The number of rotatable bonds is 17. The molecule has 0 aliphatic rings. The van der Waals surface area contributed by atoms with Crippen molar-refractivity contribution in [3.8, 4) is 17.1 Å². The highest BCUT2D eigenvalue weighted by atomic mass is 19.2. The van der Waals surface area contributed by atoms with E-state index in [1.807, 2.05) is 0 Å². The molecule has 184 valence electrons. The maximum atomic E-state index is 14.6. The van der Waals surface area contributed by atoms with Gasteiger partial charge in [-0.05, 0) is 44.2 Å². The number of halogens is 3. The number of ether oxygens (including phenoxy) is 1. The fourth-order valence-corrected chi connectivity index (χ4v) is 3.83. The van der Waals surface area contributed by atoms with Gasteiger partial charge in [0.1, 0.15) is 0 Å². The Labute approximate surface area is 197 Å². The van der Waals surface area contributed by atoms with E-state index >= 15 is 0 Å². The molecule has 0 bridgehead atoms. The van der Waals surface area contributed by atoms with Gasteiger partial charge in [-0.1, -0.05) is 70.8 Å². The Hall–Kier alpha value is -2.11. The summed E-state index contributed by atoms with van der Waals surface area (Å²) in [4.78, 5) is 8.32. The van der Waals surface area contributed by atoms with Crippen molar-refractivity contribution in [2.24, 2.45) is 0 Å². The molecule has 0 amide bonds. The predicted molar refractivity (Wildman–Crippen MR) is 128 cm³/mol. The third kappa shape index (κ3) is 10.1. The van der Waals surface area contributed by atoms with Gasteiger partial charge in [0.2, 0.25) is 0 Å². The minimum absolute atomic E-state index is 0.0390. The first-order chi connectivity index (χ1) is 16.0. The molecule has 1 atom stereocenters. The molecule has 1 aromatic carbocycles. The largest absolute Gasteiger partial charge is 0.490 e. The Morgan fingerprint density at radius 2 is 1.45 bits per heavy atom. The van der Waals surface area contributed by atoms with Crippen LogP contribution in [-0.4, -0.2) is 22.7 Å². The molecule has 0 spiro atoms. The van der Waals surface area contributed by atoms with Crippen LogP contribution in [0.15, 0.2) is 24.5 Å². The number of hydrogen-bond acceptors (Lipinski definition) is 3. The van der Waals surface area contributed by atoms with Crippen LogP contribution in [0.1, 0.15) is 96.5 Å². The van der Waals surface area contributed by atoms with Gasteiger partial charge in [-0.3, -0.25) is 0 Å². The highest BCUT2D eigenvalue weighted by Gasteiger charge is 2.16. The fraction of sp³-hybridized carbons (Fsp3) is 0.630. The molecule has 1 aromatic heterocycles. The number of nitrogens with zero attached hydrogens (tertiary/aromatic N) is 2. The molecule has 3 nitrogen and oxygen atoms in total. The van der Waals surface area contributed by atoms with E-state index in [9.17, 15) is 13.2 Å². The summed E-state index contributed by atoms with van der Waals surface area (Å²) in [6, 6.07) is 3.11. The monoisotopic (exact) mass is 464 g/mol. The van der Waals surface area contributed by atoms with E-state index in [1.54, 1.807) is 6.07 Å². The Kier molecular flexibility index (Phi) is 12.9. The number of aryl methyl sites for hydroxylation is 1. The summed E-state index contributed by atoms with van der Waals surface area (Å²) in [6.07, 6.45) is 15.2. The SMILES string of the molecule is CCCCCCCCCCOc1cnc(-c2ccc(CCCCCC(C)F)c(F)c2F)nc1. The maximum Gasteiger partial charge on any atom is 0.170 e.